The van der Waals surface area contributed by atoms with E-state index in [4.69, 9.17) is 13.0 Å². The van der Waals surface area contributed by atoms with Gasteiger partial charge in [-0.15, -0.1) is 0 Å². The number of rotatable bonds is 0. The summed E-state index contributed by atoms with van der Waals surface area (Å²) < 4.78 is 97.9. The zero-order valence-electron chi connectivity index (χ0n) is 5.96. The van der Waals surface area contributed by atoms with Gasteiger partial charge in [0.25, 0.3) is 0 Å². The first-order valence-corrected chi connectivity index (χ1v) is 3.55. The average Bonchev–Trinajstić information content (AvgIpc) is 1.50. The molecule has 0 aromatic rings. The Morgan fingerprint density at radius 2 is 1.00 bits per heavy atom. The first kappa shape index (κ1) is 24.7. The molecule has 0 saturated carbocycles. The second-order valence-electron chi connectivity index (χ2n) is 1.39. The molecular weight excluding hydrogens is 363 g/mol. The van der Waals surface area contributed by atoms with Crippen molar-refractivity contribution in [1.29, 1.82) is 0 Å². The fourth-order valence-electron chi connectivity index (χ4n) is 0. The molecule has 0 heterocycles. The predicted octanol–water partition coefficient (Wildman–Crippen LogP) is 1.35. The number of hydrogen-bond donors (Lipinski definition) is 0. The maximum Gasteiger partial charge on any atom is 1.00 e. The SMILES string of the molecule is F[B-](F)(F)F.O=S(=O)([O-])C(F)(F)F.[Cu+].[Cu+]. The molecule has 0 radical (unpaired) electrons. The minimum absolute atomic E-state index is 0. The molecule has 0 aromatic carbocycles. The van der Waals surface area contributed by atoms with Crippen LogP contribution in [0, 0.1) is 0 Å². The summed E-state index contributed by atoms with van der Waals surface area (Å²) in [6.07, 6.45) is 0. The van der Waals surface area contributed by atoms with Gasteiger partial charge in [-0.05, 0) is 0 Å². The molecule has 3 nitrogen and oxygen atoms in total. The van der Waals surface area contributed by atoms with Gasteiger partial charge in [-0.25, -0.2) is 8.42 Å². The summed E-state index contributed by atoms with van der Waals surface area (Å²) in [6, 6.07) is 0. The second kappa shape index (κ2) is 7.74. The summed E-state index contributed by atoms with van der Waals surface area (Å²) in [6.45, 7) is 0. The van der Waals surface area contributed by atoms with E-state index in [0.717, 1.165) is 0 Å². The Morgan fingerprint density at radius 3 is 1.00 bits per heavy atom. The molecule has 0 amide bonds. The first-order chi connectivity index (χ1) is 5.25. The van der Waals surface area contributed by atoms with Crippen LogP contribution in [0.15, 0.2) is 0 Å². The molecule has 0 aliphatic rings. The third-order valence-corrected chi connectivity index (χ3v) is 0.850. The Kier molecular flexibility index (Phi) is 12.7. The van der Waals surface area contributed by atoms with E-state index in [1.165, 1.54) is 0 Å². The molecule has 0 saturated heterocycles. The van der Waals surface area contributed by atoms with Crippen LogP contribution in [0.1, 0.15) is 0 Å². The van der Waals surface area contributed by atoms with Crippen molar-refractivity contribution in [2.75, 3.05) is 0 Å². The van der Waals surface area contributed by atoms with Gasteiger partial charge in [0.15, 0.2) is 10.1 Å². The van der Waals surface area contributed by atoms with Crippen molar-refractivity contribution < 1.29 is 77.5 Å². The third-order valence-electron chi connectivity index (χ3n) is 0.283. The van der Waals surface area contributed by atoms with E-state index in [2.05, 4.69) is 0 Å². The molecule has 102 valence electrons. The van der Waals surface area contributed by atoms with Gasteiger partial charge >= 0.3 is 46.9 Å². The van der Waals surface area contributed by atoms with Crippen LogP contribution >= 0.6 is 0 Å². The van der Waals surface area contributed by atoms with Crippen LogP contribution in [0.5, 0.6) is 0 Å². The molecule has 0 fully saturated rings. The standard InChI is InChI=1S/CHF3O3S.BF4.2Cu/c2-1(3,4)8(5,6)7;2-1(3,4)5;;/h(H,5,6,7);;;/q;-1;2*+1/p-1. The Bertz CT molecular complexity index is 238. The smallest absolute Gasteiger partial charge is 0.741 e. The monoisotopic (exact) mass is 362 g/mol. The topological polar surface area (TPSA) is 57.2 Å². The van der Waals surface area contributed by atoms with Gasteiger partial charge in [0.2, 0.25) is 0 Å². The predicted molar refractivity (Wildman–Crippen MR) is 25.9 cm³/mol. The van der Waals surface area contributed by atoms with Crippen LogP contribution in [0.4, 0.5) is 30.4 Å². The molecule has 0 unspecified atom stereocenters. The van der Waals surface area contributed by atoms with Gasteiger partial charge in [-0.1, -0.05) is 0 Å². The van der Waals surface area contributed by atoms with Gasteiger partial charge in [0.05, 0.1) is 0 Å². The molecule has 15 heavy (non-hydrogen) atoms. The summed E-state index contributed by atoms with van der Waals surface area (Å²) in [7, 11) is -12.1. The zero-order valence-corrected chi connectivity index (χ0v) is 8.66. The van der Waals surface area contributed by atoms with Crippen molar-refractivity contribution >= 4 is 17.4 Å². The molecule has 0 bridgehead atoms. The molecule has 0 aromatic heterocycles. The first-order valence-electron chi connectivity index (χ1n) is 2.14. The van der Waals surface area contributed by atoms with Gasteiger partial charge in [0.1, 0.15) is 0 Å². The molecule has 14 heteroatoms. The van der Waals surface area contributed by atoms with Crippen LogP contribution in [0.3, 0.4) is 0 Å². The van der Waals surface area contributed by atoms with Crippen LogP contribution in [-0.4, -0.2) is 25.7 Å². The Balaban J connectivity index is -0.0000000770. The van der Waals surface area contributed by atoms with E-state index in [9.17, 15) is 30.4 Å². The molecule has 0 spiro atoms. The summed E-state index contributed by atoms with van der Waals surface area (Å²) in [5, 5.41) is 0. The molecule has 0 atom stereocenters. The van der Waals surface area contributed by atoms with Crippen molar-refractivity contribution in [3.63, 3.8) is 0 Å². The fourth-order valence-corrected chi connectivity index (χ4v) is 0. The van der Waals surface area contributed by atoms with Crippen molar-refractivity contribution in [2.45, 2.75) is 5.51 Å². The van der Waals surface area contributed by atoms with Crippen LogP contribution in [0.25, 0.3) is 0 Å². The van der Waals surface area contributed by atoms with Gasteiger partial charge in [-0.2, -0.15) is 13.2 Å². The molecule has 0 aliphatic heterocycles. The Hall–Kier alpha value is 0.524. The largest absolute Gasteiger partial charge is 1.00 e. The number of alkyl halides is 3. The van der Waals surface area contributed by atoms with Crippen molar-refractivity contribution in [3.8, 4) is 0 Å². The van der Waals surface area contributed by atoms with Gasteiger partial charge in [-0.3, -0.25) is 0 Å². The molecule has 0 rings (SSSR count). The van der Waals surface area contributed by atoms with Gasteiger partial charge < -0.3 is 21.8 Å². The van der Waals surface area contributed by atoms with Crippen molar-refractivity contribution in [1.82, 2.24) is 0 Å². The fraction of sp³-hybridized carbons (Fsp3) is 1.00. The summed E-state index contributed by atoms with van der Waals surface area (Å²) in [5.41, 5.74) is -5.65. The quantitative estimate of drug-likeness (QED) is 0.283. The van der Waals surface area contributed by atoms with E-state index in [-0.39, 0.29) is 34.1 Å². The molecule has 0 N–H and O–H groups in total. The van der Waals surface area contributed by atoms with E-state index in [1.807, 2.05) is 0 Å². The number of hydrogen-bond acceptors (Lipinski definition) is 3. The summed E-state index contributed by atoms with van der Waals surface area (Å²) >= 11 is 0. The third kappa shape index (κ3) is 25.1. The normalized spacial score (nSPS) is 11.5. The molecular formula is CBCu2F7O3S. The van der Waals surface area contributed by atoms with Gasteiger partial charge in [0, 0.05) is 0 Å². The summed E-state index contributed by atoms with van der Waals surface area (Å²) in [5.74, 6) is 0. The van der Waals surface area contributed by atoms with E-state index >= 15 is 0 Å². The van der Waals surface area contributed by atoms with Crippen LogP contribution in [0.2, 0.25) is 0 Å². The van der Waals surface area contributed by atoms with E-state index < -0.39 is 22.9 Å². The van der Waals surface area contributed by atoms with Crippen LogP contribution < -0.4 is 0 Å². The van der Waals surface area contributed by atoms with E-state index in [0.29, 0.717) is 0 Å². The molecule has 0 aliphatic carbocycles. The van der Waals surface area contributed by atoms with E-state index in [1.54, 1.807) is 0 Å². The zero-order chi connectivity index (χ0) is 11.5. The Labute approximate surface area is 101 Å². The summed E-state index contributed by atoms with van der Waals surface area (Å²) in [4.78, 5) is 0. The maximum absolute atomic E-state index is 10.7. The Morgan fingerprint density at radius 1 is 0.933 bits per heavy atom. The maximum atomic E-state index is 10.7. The van der Waals surface area contributed by atoms with Crippen molar-refractivity contribution in [2.24, 2.45) is 0 Å². The minimum atomic E-state index is -6.09. The van der Waals surface area contributed by atoms with Crippen LogP contribution in [-0.2, 0) is 44.3 Å². The second-order valence-corrected chi connectivity index (χ2v) is 2.77. The number of halogens is 7. The van der Waals surface area contributed by atoms with Crippen molar-refractivity contribution in [3.05, 3.63) is 0 Å². The minimum Gasteiger partial charge on any atom is -0.741 e. The average molecular weight is 363 g/mol.